The molecule has 5 nitrogen and oxygen atoms in total. The number of carbonyl (C=O) groups excluding carboxylic acids is 2. The number of ether oxygens (including phenoxy) is 2. The third-order valence-electron chi connectivity index (χ3n) is 2.52. The van der Waals surface area contributed by atoms with Gasteiger partial charge in [-0.2, -0.15) is 0 Å². The molecule has 1 aromatic heterocycles. The van der Waals surface area contributed by atoms with Gasteiger partial charge in [0.05, 0.1) is 13.7 Å². The number of methoxy groups -OCH3 is 1. The van der Waals surface area contributed by atoms with Crippen LogP contribution in [-0.4, -0.2) is 32.3 Å². The van der Waals surface area contributed by atoms with Crippen LogP contribution < -0.4 is 5.32 Å². The van der Waals surface area contributed by atoms with Crippen molar-refractivity contribution >= 4 is 23.4 Å². The lowest BCUT2D eigenvalue weighted by atomic mass is 10.1. The summed E-state index contributed by atoms with van der Waals surface area (Å²) < 4.78 is 9.54. The van der Waals surface area contributed by atoms with Gasteiger partial charge in [0.15, 0.2) is 0 Å². The Balaban J connectivity index is 1.93. The minimum Gasteiger partial charge on any atom is -0.465 e. The van der Waals surface area contributed by atoms with Crippen LogP contribution in [0.1, 0.15) is 14.5 Å². The first kappa shape index (κ1) is 11.9. The van der Waals surface area contributed by atoms with Gasteiger partial charge in [-0.3, -0.25) is 0 Å². The summed E-state index contributed by atoms with van der Waals surface area (Å²) in [6.45, 7) is 1.04. The highest BCUT2D eigenvalue weighted by Gasteiger charge is 2.20. The fourth-order valence-electron chi connectivity index (χ4n) is 1.64. The van der Waals surface area contributed by atoms with Crippen molar-refractivity contribution in [1.82, 2.24) is 5.32 Å². The number of rotatable bonds is 3. The third-order valence-corrected chi connectivity index (χ3v) is 3.61. The number of amides is 1. The van der Waals surface area contributed by atoms with Crippen LogP contribution in [-0.2, 0) is 15.9 Å². The number of hydrogen-bond acceptors (Lipinski definition) is 5. The maximum atomic E-state index is 11.3. The first-order valence-corrected chi connectivity index (χ1v) is 6.08. The Labute approximate surface area is 103 Å². The average Bonchev–Trinajstić information content (AvgIpc) is 2.80. The molecule has 1 aromatic rings. The van der Waals surface area contributed by atoms with Gasteiger partial charge >= 0.3 is 12.1 Å². The zero-order valence-electron chi connectivity index (χ0n) is 9.39. The van der Waals surface area contributed by atoms with E-state index in [1.54, 1.807) is 6.07 Å². The van der Waals surface area contributed by atoms with Crippen molar-refractivity contribution in [2.24, 2.45) is 5.92 Å². The van der Waals surface area contributed by atoms with Crippen molar-refractivity contribution < 1.29 is 19.1 Å². The molecule has 0 saturated carbocycles. The zero-order chi connectivity index (χ0) is 12.3. The quantitative estimate of drug-likeness (QED) is 0.830. The van der Waals surface area contributed by atoms with Crippen LogP contribution in [0.3, 0.4) is 0 Å². The zero-order valence-corrected chi connectivity index (χ0v) is 10.2. The minimum absolute atomic E-state index is 0.261. The molecule has 1 aliphatic rings. The van der Waals surface area contributed by atoms with Crippen LogP contribution >= 0.6 is 11.3 Å². The van der Waals surface area contributed by atoms with E-state index in [1.165, 1.54) is 18.4 Å². The van der Waals surface area contributed by atoms with Gasteiger partial charge in [-0.25, -0.2) is 9.59 Å². The molecule has 0 aliphatic carbocycles. The fraction of sp³-hybridized carbons (Fsp3) is 0.455. The number of alkyl carbamates (subject to hydrolysis) is 1. The molecule has 1 amide bonds. The van der Waals surface area contributed by atoms with Crippen LogP contribution in [0.2, 0.25) is 0 Å². The van der Waals surface area contributed by atoms with E-state index in [0.717, 1.165) is 11.3 Å². The van der Waals surface area contributed by atoms with Crippen molar-refractivity contribution in [2.75, 3.05) is 20.3 Å². The van der Waals surface area contributed by atoms with Crippen molar-refractivity contribution in [2.45, 2.75) is 6.42 Å². The second kappa shape index (κ2) is 5.18. The van der Waals surface area contributed by atoms with Gasteiger partial charge in [-0.05, 0) is 18.6 Å². The molecule has 1 atom stereocenters. The van der Waals surface area contributed by atoms with Crippen LogP contribution in [0.4, 0.5) is 4.79 Å². The van der Waals surface area contributed by atoms with Crippen molar-refractivity contribution in [3.63, 3.8) is 0 Å². The predicted octanol–water partition coefficient (Wildman–Crippen LogP) is 1.43. The lowest BCUT2D eigenvalue weighted by Gasteiger charge is -2.21. The molecule has 0 radical (unpaired) electrons. The number of hydrogen-bond donors (Lipinski definition) is 1. The van der Waals surface area contributed by atoms with Gasteiger partial charge in [-0.15, -0.1) is 11.3 Å². The molecule has 1 fully saturated rings. The Morgan fingerprint density at radius 1 is 1.65 bits per heavy atom. The molecule has 2 rings (SSSR count). The van der Waals surface area contributed by atoms with E-state index in [9.17, 15) is 9.59 Å². The Morgan fingerprint density at radius 2 is 2.47 bits per heavy atom. The molecule has 0 bridgehead atoms. The Morgan fingerprint density at radius 3 is 3.12 bits per heavy atom. The first-order chi connectivity index (χ1) is 8.19. The molecule has 92 valence electrons. The van der Waals surface area contributed by atoms with E-state index < -0.39 is 0 Å². The van der Waals surface area contributed by atoms with E-state index in [1.807, 2.05) is 6.07 Å². The van der Waals surface area contributed by atoms with E-state index in [4.69, 9.17) is 4.74 Å². The predicted molar refractivity (Wildman–Crippen MR) is 62.2 cm³/mol. The summed E-state index contributed by atoms with van der Waals surface area (Å²) in [6, 6.07) is 3.67. The highest BCUT2D eigenvalue weighted by Crippen LogP contribution is 2.21. The standard InChI is InChI=1S/C11H13NO4S/c1-15-10(13)9-3-2-8(17-9)4-7-5-12-11(14)16-6-7/h2-3,7H,4-6H2,1H3,(H,12,14)/t7-/m1/s1. The number of carbonyl (C=O) groups is 2. The van der Waals surface area contributed by atoms with Crippen molar-refractivity contribution in [1.29, 1.82) is 0 Å². The van der Waals surface area contributed by atoms with Gasteiger partial charge in [-0.1, -0.05) is 0 Å². The highest BCUT2D eigenvalue weighted by atomic mass is 32.1. The third kappa shape index (κ3) is 2.97. The Kier molecular flexibility index (Phi) is 3.63. The topological polar surface area (TPSA) is 64.6 Å². The summed E-state index contributed by atoms with van der Waals surface area (Å²) in [6.07, 6.45) is 0.435. The maximum Gasteiger partial charge on any atom is 0.407 e. The van der Waals surface area contributed by atoms with Gasteiger partial charge in [0.2, 0.25) is 0 Å². The molecule has 0 unspecified atom stereocenters. The van der Waals surface area contributed by atoms with Crippen LogP contribution in [0.15, 0.2) is 12.1 Å². The fourth-order valence-corrected chi connectivity index (χ4v) is 2.69. The maximum absolute atomic E-state index is 11.3. The van der Waals surface area contributed by atoms with E-state index in [-0.39, 0.29) is 18.0 Å². The second-order valence-corrected chi connectivity index (χ2v) is 4.98. The van der Waals surface area contributed by atoms with Crippen molar-refractivity contribution in [3.05, 3.63) is 21.9 Å². The summed E-state index contributed by atoms with van der Waals surface area (Å²) in [5.41, 5.74) is 0. The van der Waals surface area contributed by atoms with Crippen LogP contribution in [0, 0.1) is 5.92 Å². The lowest BCUT2D eigenvalue weighted by Crippen LogP contribution is -2.39. The van der Waals surface area contributed by atoms with E-state index in [0.29, 0.717) is 18.0 Å². The molecule has 0 spiro atoms. The number of thiophene rings is 1. The molecule has 17 heavy (non-hydrogen) atoms. The second-order valence-electron chi connectivity index (χ2n) is 3.81. The van der Waals surface area contributed by atoms with Crippen molar-refractivity contribution in [3.8, 4) is 0 Å². The molecular formula is C11H13NO4S. The summed E-state index contributed by atoms with van der Waals surface area (Å²) >= 11 is 1.42. The minimum atomic E-state index is -0.359. The van der Waals surface area contributed by atoms with Gasteiger partial charge in [0.25, 0.3) is 0 Å². The molecule has 0 aromatic carbocycles. The molecule has 2 heterocycles. The van der Waals surface area contributed by atoms with Gasteiger partial charge in [0, 0.05) is 17.3 Å². The van der Waals surface area contributed by atoms with Gasteiger partial charge in [0.1, 0.15) is 4.88 Å². The number of esters is 1. The average molecular weight is 255 g/mol. The molecular weight excluding hydrogens is 242 g/mol. The lowest BCUT2D eigenvalue weighted by molar-refractivity contribution is 0.0606. The first-order valence-electron chi connectivity index (χ1n) is 5.26. The molecule has 1 saturated heterocycles. The van der Waals surface area contributed by atoms with Crippen LogP contribution in [0.25, 0.3) is 0 Å². The molecule has 6 heteroatoms. The monoisotopic (exact) mass is 255 g/mol. The Hall–Kier alpha value is -1.56. The van der Waals surface area contributed by atoms with Crippen LogP contribution in [0.5, 0.6) is 0 Å². The van der Waals surface area contributed by atoms with Gasteiger partial charge < -0.3 is 14.8 Å². The summed E-state index contributed by atoms with van der Waals surface area (Å²) in [5, 5.41) is 2.64. The largest absolute Gasteiger partial charge is 0.465 e. The molecule has 1 N–H and O–H groups in total. The smallest absolute Gasteiger partial charge is 0.407 e. The number of nitrogens with one attached hydrogen (secondary N) is 1. The summed E-state index contributed by atoms with van der Waals surface area (Å²) in [7, 11) is 1.37. The highest BCUT2D eigenvalue weighted by molar-refractivity contribution is 7.13. The van der Waals surface area contributed by atoms with E-state index >= 15 is 0 Å². The summed E-state index contributed by atoms with van der Waals surface area (Å²) in [5.74, 6) is -0.0497. The number of cyclic esters (lactones) is 1. The van der Waals surface area contributed by atoms with E-state index in [2.05, 4.69) is 10.1 Å². The summed E-state index contributed by atoms with van der Waals surface area (Å²) in [4.78, 5) is 23.8. The molecule has 1 aliphatic heterocycles. The Bertz CT molecular complexity index is 419. The SMILES string of the molecule is COC(=O)c1ccc(C[C@@H]2CNC(=O)OC2)s1. The normalized spacial score (nSPS) is 19.4.